The molecule has 0 aliphatic heterocycles. The van der Waals surface area contributed by atoms with Crippen LogP contribution in [0.1, 0.15) is 37.5 Å². The van der Waals surface area contributed by atoms with Crippen LogP contribution in [0.25, 0.3) is 5.57 Å². The van der Waals surface area contributed by atoms with Gasteiger partial charge >= 0.3 is 5.97 Å². The summed E-state index contributed by atoms with van der Waals surface area (Å²) in [6, 6.07) is 6.00. The molecule has 0 saturated heterocycles. The van der Waals surface area contributed by atoms with Gasteiger partial charge in [-0.25, -0.2) is 4.79 Å². The molecule has 1 rings (SSSR count). The molecule has 0 radical (unpaired) electrons. The minimum atomic E-state index is -0.893. The third-order valence-corrected chi connectivity index (χ3v) is 2.97. The van der Waals surface area contributed by atoms with E-state index in [-0.39, 0.29) is 5.41 Å². The first-order valence-corrected chi connectivity index (χ1v) is 5.75. The summed E-state index contributed by atoms with van der Waals surface area (Å²) in [5, 5.41) is 8.99. The summed E-state index contributed by atoms with van der Waals surface area (Å²) in [7, 11) is 0. The molecule has 0 spiro atoms. The molecule has 0 saturated carbocycles. The number of carboxylic acids is 1. The molecule has 17 heavy (non-hydrogen) atoms. The maximum Gasteiger partial charge on any atom is 0.328 e. The Morgan fingerprint density at radius 2 is 1.82 bits per heavy atom. The summed E-state index contributed by atoms with van der Waals surface area (Å²) in [5.41, 5.74) is 4.04. The quantitative estimate of drug-likeness (QED) is 0.787. The van der Waals surface area contributed by atoms with E-state index < -0.39 is 5.97 Å². The molecule has 2 nitrogen and oxygen atoms in total. The van der Waals surface area contributed by atoms with Gasteiger partial charge in [0.15, 0.2) is 0 Å². The van der Waals surface area contributed by atoms with E-state index in [1.54, 1.807) is 0 Å². The number of aryl methyl sites for hydroxylation is 1. The summed E-state index contributed by atoms with van der Waals surface area (Å²) in [6.45, 7) is 10.2. The van der Waals surface area contributed by atoms with Crippen LogP contribution in [0.15, 0.2) is 24.3 Å². The van der Waals surface area contributed by atoms with E-state index in [4.69, 9.17) is 5.11 Å². The zero-order chi connectivity index (χ0) is 13.2. The summed E-state index contributed by atoms with van der Waals surface area (Å²) in [6.07, 6.45) is 1.32. The molecular weight excluding hydrogens is 212 g/mol. The van der Waals surface area contributed by atoms with Crippen LogP contribution in [0.4, 0.5) is 0 Å². The molecule has 0 aromatic heterocycles. The van der Waals surface area contributed by atoms with Gasteiger partial charge in [0.05, 0.1) is 0 Å². The Balaban J connectivity index is 3.44. The third kappa shape index (κ3) is 3.19. The molecule has 1 aromatic carbocycles. The van der Waals surface area contributed by atoms with Gasteiger partial charge in [0, 0.05) is 6.08 Å². The Morgan fingerprint density at radius 1 is 1.24 bits per heavy atom. The lowest BCUT2D eigenvalue weighted by molar-refractivity contribution is -0.131. The van der Waals surface area contributed by atoms with Gasteiger partial charge in [-0.05, 0) is 41.5 Å². The largest absolute Gasteiger partial charge is 0.478 e. The first-order chi connectivity index (χ1) is 7.73. The number of hydrogen-bond donors (Lipinski definition) is 1. The predicted molar refractivity (Wildman–Crippen MR) is 71.0 cm³/mol. The second-order valence-corrected chi connectivity index (χ2v) is 5.39. The molecule has 92 valence electrons. The van der Waals surface area contributed by atoms with E-state index in [1.165, 1.54) is 11.6 Å². The Labute approximate surface area is 103 Å². The number of carbonyl (C=O) groups is 1. The van der Waals surface area contributed by atoms with Crippen molar-refractivity contribution in [1.82, 2.24) is 0 Å². The van der Waals surface area contributed by atoms with Crippen molar-refractivity contribution in [2.75, 3.05) is 0 Å². The van der Waals surface area contributed by atoms with Crippen molar-refractivity contribution in [1.29, 1.82) is 0 Å². The number of aliphatic carboxylic acids is 1. The number of hydrogen-bond acceptors (Lipinski definition) is 1. The van der Waals surface area contributed by atoms with Crippen molar-refractivity contribution in [2.45, 2.75) is 34.6 Å². The minimum Gasteiger partial charge on any atom is -0.478 e. The summed E-state index contributed by atoms with van der Waals surface area (Å²) in [5.74, 6) is -0.893. The average molecular weight is 232 g/mol. The highest BCUT2D eigenvalue weighted by molar-refractivity contribution is 5.91. The molecule has 0 aliphatic carbocycles. The molecule has 2 heteroatoms. The van der Waals surface area contributed by atoms with Gasteiger partial charge in [0.25, 0.3) is 0 Å². The average Bonchev–Trinajstić information content (AvgIpc) is 2.17. The minimum absolute atomic E-state index is 0.184. The van der Waals surface area contributed by atoms with Crippen LogP contribution in [0.2, 0.25) is 0 Å². The normalized spacial score (nSPS) is 12.6. The summed E-state index contributed by atoms with van der Waals surface area (Å²) < 4.78 is 0. The second-order valence-electron chi connectivity index (χ2n) is 5.39. The molecule has 0 heterocycles. The third-order valence-electron chi connectivity index (χ3n) is 2.97. The Hall–Kier alpha value is -1.57. The Kier molecular flexibility index (Phi) is 3.76. The van der Waals surface area contributed by atoms with E-state index in [0.717, 1.165) is 16.7 Å². The molecule has 1 N–H and O–H groups in total. The summed E-state index contributed by atoms with van der Waals surface area (Å²) >= 11 is 0. The molecule has 0 atom stereocenters. The zero-order valence-corrected chi connectivity index (χ0v) is 11.2. The van der Waals surface area contributed by atoms with Crippen LogP contribution in [0.5, 0.6) is 0 Å². The van der Waals surface area contributed by atoms with E-state index in [1.807, 2.05) is 52.8 Å². The highest BCUT2D eigenvalue weighted by Gasteiger charge is 2.21. The van der Waals surface area contributed by atoms with Crippen LogP contribution in [-0.2, 0) is 4.79 Å². The van der Waals surface area contributed by atoms with Crippen LogP contribution < -0.4 is 0 Å². The Bertz CT molecular complexity index is 462. The van der Waals surface area contributed by atoms with Crippen molar-refractivity contribution < 1.29 is 9.90 Å². The van der Waals surface area contributed by atoms with E-state index in [2.05, 4.69) is 0 Å². The fraction of sp³-hybridized carbons (Fsp3) is 0.400. The van der Waals surface area contributed by atoms with Crippen molar-refractivity contribution in [2.24, 2.45) is 5.41 Å². The molecule has 0 fully saturated rings. The van der Waals surface area contributed by atoms with Crippen LogP contribution in [0, 0.1) is 19.3 Å². The molecule has 0 amide bonds. The van der Waals surface area contributed by atoms with Crippen molar-refractivity contribution in [3.63, 3.8) is 0 Å². The predicted octanol–water partition coefficient (Wildman–Crippen LogP) is 3.82. The highest BCUT2D eigenvalue weighted by atomic mass is 16.4. The second kappa shape index (κ2) is 4.74. The van der Waals surface area contributed by atoms with Crippen molar-refractivity contribution >= 4 is 11.5 Å². The lowest BCUT2D eigenvalue weighted by Gasteiger charge is -2.25. The lowest BCUT2D eigenvalue weighted by Crippen LogP contribution is -2.11. The topological polar surface area (TPSA) is 37.3 Å². The van der Waals surface area contributed by atoms with Crippen molar-refractivity contribution in [3.8, 4) is 0 Å². The number of rotatable bonds is 2. The summed E-state index contributed by atoms with van der Waals surface area (Å²) in [4.78, 5) is 10.9. The van der Waals surface area contributed by atoms with Crippen LogP contribution in [-0.4, -0.2) is 11.1 Å². The molecule has 0 unspecified atom stereocenters. The molecule has 0 aliphatic rings. The van der Waals surface area contributed by atoms with Crippen LogP contribution >= 0.6 is 0 Å². The van der Waals surface area contributed by atoms with Gasteiger partial charge in [0.1, 0.15) is 0 Å². The highest BCUT2D eigenvalue weighted by Crippen LogP contribution is 2.36. The van der Waals surface area contributed by atoms with Gasteiger partial charge in [-0.3, -0.25) is 0 Å². The number of benzene rings is 1. The fourth-order valence-corrected chi connectivity index (χ4v) is 1.86. The lowest BCUT2D eigenvalue weighted by atomic mass is 9.80. The van der Waals surface area contributed by atoms with Gasteiger partial charge < -0.3 is 5.11 Å². The van der Waals surface area contributed by atoms with Gasteiger partial charge in [-0.2, -0.15) is 0 Å². The standard InChI is InChI=1S/C15H20O2/c1-10-7-6-8-12(11(10)2)13(9-14(16)17)15(3,4)5/h6-9H,1-5H3,(H,16,17)/b13-9-. The number of carboxylic acid groups (broad SMARTS) is 1. The maximum atomic E-state index is 10.9. The van der Waals surface area contributed by atoms with Gasteiger partial charge in [-0.15, -0.1) is 0 Å². The maximum absolute atomic E-state index is 10.9. The monoisotopic (exact) mass is 232 g/mol. The number of allylic oxidation sites excluding steroid dienone is 1. The fourth-order valence-electron chi connectivity index (χ4n) is 1.86. The first kappa shape index (κ1) is 13.5. The molecule has 0 bridgehead atoms. The van der Waals surface area contributed by atoms with E-state index in [9.17, 15) is 4.79 Å². The molecule has 1 aromatic rings. The smallest absolute Gasteiger partial charge is 0.328 e. The Morgan fingerprint density at radius 3 is 2.29 bits per heavy atom. The zero-order valence-electron chi connectivity index (χ0n) is 11.2. The molecular formula is C15H20O2. The van der Waals surface area contributed by atoms with Gasteiger partial charge in [-0.1, -0.05) is 39.0 Å². The SMILES string of the molecule is Cc1cccc(/C(=C/C(=O)O)C(C)(C)C)c1C. The van der Waals surface area contributed by atoms with E-state index in [0.29, 0.717) is 0 Å². The van der Waals surface area contributed by atoms with Crippen molar-refractivity contribution in [3.05, 3.63) is 41.0 Å². The van der Waals surface area contributed by atoms with E-state index >= 15 is 0 Å². The van der Waals surface area contributed by atoms with Gasteiger partial charge in [0.2, 0.25) is 0 Å². The van der Waals surface area contributed by atoms with Crippen LogP contribution in [0.3, 0.4) is 0 Å². The first-order valence-electron chi connectivity index (χ1n) is 5.75.